The molecule has 0 heterocycles. The Bertz CT molecular complexity index is 114. The minimum Gasteiger partial charge on any atom is -0.323 e. The van der Waals surface area contributed by atoms with Crippen molar-refractivity contribution in [3.63, 3.8) is 0 Å². The van der Waals surface area contributed by atoms with Crippen molar-refractivity contribution in [2.24, 2.45) is 0 Å². The highest BCUT2D eigenvalue weighted by Crippen LogP contribution is 0.990. The van der Waals surface area contributed by atoms with Gasteiger partial charge in [-0.25, -0.2) is 0 Å². The van der Waals surface area contributed by atoms with Crippen LogP contribution >= 0.6 is 0 Å². The first kappa shape index (κ1) is 36.0. The minimum atomic E-state index is 0.250. The molecule has 0 aromatic carbocycles. The average molecular weight is 268 g/mol. The molecule has 0 amide bonds. The van der Waals surface area contributed by atoms with E-state index in [1.165, 1.54) is 0 Å². The highest BCUT2D eigenvalue weighted by atomic mass is 16.2. The van der Waals surface area contributed by atoms with E-state index in [-0.39, 0.29) is 12.3 Å². The maximum absolute atomic E-state index is 8.12. The standard InChI is InChI=1S/4C2H7N.2CO2/c4*1-3-2;2*2-1-3/h4*3H,1-2H3;;. The van der Waals surface area contributed by atoms with Crippen molar-refractivity contribution in [2.45, 2.75) is 0 Å². The van der Waals surface area contributed by atoms with E-state index in [2.05, 4.69) is 21.3 Å². The highest BCUT2D eigenvalue weighted by molar-refractivity contribution is 5.20. The molecule has 0 unspecified atom stereocenters. The Morgan fingerprint density at radius 2 is 0.444 bits per heavy atom. The van der Waals surface area contributed by atoms with Gasteiger partial charge in [-0.1, -0.05) is 0 Å². The summed E-state index contributed by atoms with van der Waals surface area (Å²) >= 11 is 0. The van der Waals surface area contributed by atoms with Crippen molar-refractivity contribution >= 4 is 12.3 Å². The van der Waals surface area contributed by atoms with Gasteiger partial charge in [-0.2, -0.15) is 19.2 Å². The molecule has 18 heavy (non-hydrogen) atoms. The van der Waals surface area contributed by atoms with Crippen LogP contribution in [0.25, 0.3) is 0 Å². The SMILES string of the molecule is CNC.CNC.CNC.CNC.O=C=O.O=C=O. The number of carbonyl (C=O) groups excluding carboxylic acids is 4. The minimum absolute atomic E-state index is 0.250. The van der Waals surface area contributed by atoms with Crippen LogP contribution < -0.4 is 21.3 Å². The summed E-state index contributed by atoms with van der Waals surface area (Å²) in [6.07, 6.45) is 0.500. The van der Waals surface area contributed by atoms with E-state index in [1.807, 2.05) is 56.4 Å². The van der Waals surface area contributed by atoms with E-state index in [9.17, 15) is 0 Å². The lowest BCUT2D eigenvalue weighted by molar-refractivity contribution is -0.193. The summed E-state index contributed by atoms with van der Waals surface area (Å²) in [4.78, 5) is 32.5. The molecule has 0 saturated heterocycles. The summed E-state index contributed by atoms with van der Waals surface area (Å²) in [6.45, 7) is 0. The molecular formula is C10H28N4O4. The van der Waals surface area contributed by atoms with Crippen molar-refractivity contribution in [3.8, 4) is 0 Å². The fraction of sp³-hybridized carbons (Fsp3) is 0.800. The fourth-order valence-electron chi connectivity index (χ4n) is 0. The molecule has 0 saturated carbocycles. The molecule has 0 radical (unpaired) electrons. The first-order chi connectivity index (χ1) is 8.49. The van der Waals surface area contributed by atoms with Crippen LogP contribution in [-0.2, 0) is 19.2 Å². The van der Waals surface area contributed by atoms with Crippen molar-refractivity contribution in [2.75, 3.05) is 56.4 Å². The first-order valence-electron chi connectivity index (χ1n) is 4.82. The molecule has 0 rings (SSSR count). The normalized spacial score (nSPS) is 4.89. The lowest BCUT2D eigenvalue weighted by Crippen LogP contribution is -1.89. The van der Waals surface area contributed by atoms with E-state index in [0.29, 0.717) is 0 Å². The monoisotopic (exact) mass is 268 g/mol. The second kappa shape index (κ2) is 157. The van der Waals surface area contributed by atoms with E-state index < -0.39 is 0 Å². The third-order valence-corrected chi connectivity index (χ3v) is 0. The zero-order valence-corrected chi connectivity index (χ0v) is 12.6. The molecule has 4 N–H and O–H groups in total. The van der Waals surface area contributed by atoms with Crippen LogP contribution in [0.2, 0.25) is 0 Å². The zero-order valence-electron chi connectivity index (χ0n) is 12.6. The first-order valence-corrected chi connectivity index (χ1v) is 4.82. The summed E-state index contributed by atoms with van der Waals surface area (Å²) in [6, 6.07) is 0. The largest absolute Gasteiger partial charge is 0.373 e. The van der Waals surface area contributed by atoms with Gasteiger partial charge in [-0.15, -0.1) is 0 Å². The number of rotatable bonds is 0. The molecule has 0 spiro atoms. The molecule has 0 bridgehead atoms. The Kier molecular flexibility index (Phi) is 314. The van der Waals surface area contributed by atoms with Crippen LogP contribution in [0.3, 0.4) is 0 Å². The van der Waals surface area contributed by atoms with Crippen LogP contribution in [-0.4, -0.2) is 68.7 Å². The maximum atomic E-state index is 8.12. The lowest BCUT2D eigenvalue weighted by Gasteiger charge is -1.59. The molecule has 0 aromatic rings. The third-order valence-electron chi connectivity index (χ3n) is 0. The van der Waals surface area contributed by atoms with Gasteiger partial charge in [0.2, 0.25) is 0 Å². The van der Waals surface area contributed by atoms with Crippen LogP contribution in [0.5, 0.6) is 0 Å². The number of hydrogen-bond donors (Lipinski definition) is 4. The van der Waals surface area contributed by atoms with Crippen LogP contribution in [0.1, 0.15) is 0 Å². The van der Waals surface area contributed by atoms with Gasteiger partial charge in [0, 0.05) is 0 Å². The second-order valence-electron chi connectivity index (χ2n) is 2.17. The average Bonchev–Trinajstić information content (AvgIpc) is 2.23. The Morgan fingerprint density at radius 1 is 0.444 bits per heavy atom. The van der Waals surface area contributed by atoms with Crippen molar-refractivity contribution in [1.29, 1.82) is 0 Å². The Labute approximate surface area is 110 Å². The molecule has 0 fully saturated rings. The third kappa shape index (κ3) is 1380. The zero-order chi connectivity index (χ0) is 16.2. The van der Waals surface area contributed by atoms with Crippen LogP contribution in [0.15, 0.2) is 0 Å². The predicted molar refractivity (Wildman–Crippen MR) is 69.9 cm³/mol. The molecule has 112 valence electrons. The quantitative estimate of drug-likeness (QED) is 0.405. The summed E-state index contributed by atoms with van der Waals surface area (Å²) in [7, 11) is 15.0. The van der Waals surface area contributed by atoms with Gasteiger partial charge < -0.3 is 21.3 Å². The summed E-state index contributed by atoms with van der Waals surface area (Å²) in [5.41, 5.74) is 0. The van der Waals surface area contributed by atoms with E-state index in [1.54, 1.807) is 0 Å². The van der Waals surface area contributed by atoms with Gasteiger partial charge in [0.25, 0.3) is 0 Å². The topological polar surface area (TPSA) is 116 Å². The van der Waals surface area contributed by atoms with Gasteiger partial charge in [-0.05, 0) is 56.4 Å². The molecule has 0 aromatic heterocycles. The molecule has 0 aliphatic heterocycles. The summed E-state index contributed by atoms with van der Waals surface area (Å²) in [5.74, 6) is 0. The van der Waals surface area contributed by atoms with Gasteiger partial charge in [0.15, 0.2) is 0 Å². The van der Waals surface area contributed by atoms with Crippen LogP contribution in [0.4, 0.5) is 0 Å². The van der Waals surface area contributed by atoms with E-state index in [4.69, 9.17) is 19.2 Å². The second-order valence-corrected chi connectivity index (χ2v) is 2.17. The fourth-order valence-corrected chi connectivity index (χ4v) is 0. The van der Waals surface area contributed by atoms with Crippen molar-refractivity contribution < 1.29 is 19.2 Å². The Hall–Kier alpha value is -1.40. The van der Waals surface area contributed by atoms with Gasteiger partial charge in [0.1, 0.15) is 0 Å². The van der Waals surface area contributed by atoms with Crippen LogP contribution in [0, 0.1) is 0 Å². The number of hydrogen-bond acceptors (Lipinski definition) is 8. The number of nitrogens with one attached hydrogen (secondary N) is 4. The Morgan fingerprint density at radius 3 is 0.444 bits per heavy atom. The van der Waals surface area contributed by atoms with Crippen molar-refractivity contribution in [1.82, 2.24) is 21.3 Å². The van der Waals surface area contributed by atoms with Gasteiger partial charge in [-0.3, -0.25) is 0 Å². The smallest absolute Gasteiger partial charge is 0.323 e. The van der Waals surface area contributed by atoms with E-state index >= 15 is 0 Å². The maximum Gasteiger partial charge on any atom is 0.373 e. The molecule has 8 nitrogen and oxygen atoms in total. The summed E-state index contributed by atoms with van der Waals surface area (Å²) < 4.78 is 0. The molecule has 0 aliphatic rings. The molecular weight excluding hydrogens is 240 g/mol. The Balaban J connectivity index is -0.0000000240. The highest BCUT2D eigenvalue weighted by Gasteiger charge is 1.26. The molecule has 0 atom stereocenters. The molecule has 8 heteroatoms. The van der Waals surface area contributed by atoms with Gasteiger partial charge in [0.05, 0.1) is 0 Å². The summed E-state index contributed by atoms with van der Waals surface area (Å²) in [5, 5.41) is 11.0. The lowest BCUT2D eigenvalue weighted by atomic mass is 11.3. The van der Waals surface area contributed by atoms with E-state index in [0.717, 1.165) is 0 Å². The molecule has 0 aliphatic carbocycles. The van der Waals surface area contributed by atoms with Crippen molar-refractivity contribution in [3.05, 3.63) is 0 Å². The van der Waals surface area contributed by atoms with Gasteiger partial charge >= 0.3 is 12.3 Å². The predicted octanol–water partition coefficient (Wildman–Crippen LogP) is -1.82.